The van der Waals surface area contributed by atoms with E-state index in [0.29, 0.717) is 5.92 Å². The topological polar surface area (TPSA) is 38.1 Å². The van der Waals surface area contributed by atoms with E-state index in [1.54, 1.807) is 0 Å². The van der Waals surface area contributed by atoms with Crippen LogP contribution in [0.15, 0.2) is 34.9 Å². The molecule has 1 aliphatic carbocycles. The molecule has 0 radical (unpaired) electrons. The molecule has 3 nitrogen and oxygen atoms in total. The van der Waals surface area contributed by atoms with Crippen LogP contribution >= 0.6 is 0 Å². The molecule has 1 aromatic heterocycles. The largest absolute Gasteiger partial charge is 0.444 e. The molecule has 3 rings (SSSR count). The lowest BCUT2D eigenvalue weighted by atomic mass is 9.83. The monoisotopic (exact) mass is 270 g/mol. The van der Waals surface area contributed by atoms with Crippen LogP contribution in [0.2, 0.25) is 0 Å². The predicted molar refractivity (Wildman–Crippen MR) is 79.7 cm³/mol. The van der Waals surface area contributed by atoms with Gasteiger partial charge in [0.1, 0.15) is 5.76 Å². The van der Waals surface area contributed by atoms with Crippen molar-refractivity contribution in [1.82, 2.24) is 10.3 Å². The Labute approximate surface area is 120 Å². The highest BCUT2D eigenvalue weighted by Crippen LogP contribution is 2.30. The number of hydrogen-bond donors (Lipinski definition) is 1. The standard InChI is InChI=1S/C17H22N2O/c1-2-15-11-19-17(20-15)12-18-10-14-8-5-7-13-6-3-4-9-16(13)14/h3-4,6,9,11,14,18H,2,5,7-8,10,12H2,1H3. The van der Waals surface area contributed by atoms with Crippen molar-refractivity contribution >= 4 is 0 Å². The maximum Gasteiger partial charge on any atom is 0.208 e. The van der Waals surface area contributed by atoms with Gasteiger partial charge in [-0.25, -0.2) is 4.98 Å². The fourth-order valence-electron chi connectivity index (χ4n) is 3.01. The van der Waals surface area contributed by atoms with Crippen molar-refractivity contribution in [2.45, 2.75) is 45.1 Å². The lowest BCUT2D eigenvalue weighted by molar-refractivity contribution is 0.425. The van der Waals surface area contributed by atoms with Crippen LogP contribution in [0.3, 0.4) is 0 Å². The highest BCUT2D eigenvalue weighted by molar-refractivity contribution is 5.32. The second-order valence-corrected chi connectivity index (χ2v) is 5.49. The molecule has 1 unspecified atom stereocenters. The second-order valence-electron chi connectivity index (χ2n) is 5.49. The number of nitrogens with zero attached hydrogens (tertiary/aromatic N) is 1. The van der Waals surface area contributed by atoms with Gasteiger partial charge in [0.2, 0.25) is 5.89 Å². The van der Waals surface area contributed by atoms with E-state index in [2.05, 4.69) is 41.5 Å². The van der Waals surface area contributed by atoms with Crippen LogP contribution in [0.25, 0.3) is 0 Å². The third kappa shape index (κ3) is 2.93. The van der Waals surface area contributed by atoms with Crippen LogP contribution in [0.1, 0.15) is 48.5 Å². The van der Waals surface area contributed by atoms with E-state index in [9.17, 15) is 0 Å². The maximum absolute atomic E-state index is 5.62. The number of hydrogen-bond acceptors (Lipinski definition) is 3. The van der Waals surface area contributed by atoms with Crippen molar-refractivity contribution in [2.24, 2.45) is 0 Å². The van der Waals surface area contributed by atoms with Crippen molar-refractivity contribution < 1.29 is 4.42 Å². The Morgan fingerprint density at radius 1 is 1.35 bits per heavy atom. The first-order chi connectivity index (χ1) is 9.86. The van der Waals surface area contributed by atoms with E-state index < -0.39 is 0 Å². The first-order valence-corrected chi connectivity index (χ1v) is 7.59. The molecule has 1 aliphatic rings. The van der Waals surface area contributed by atoms with Crippen LogP contribution in [-0.4, -0.2) is 11.5 Å². The van der Waals surface area contributed by atoms with Gasteiger partial charge in [-0.1, -0.05) is 31.2 Å². The molecule has 0 saturated carbocycles. The SMILES string of the molecule is CCc1cnc(CNCC2CCCc3ccccc32)o1. The van der Waals surface area contributed by atoms with Crippen LogP contribution in [0, 0.1) is 0 Å². The zero-order valence-corrected chi connectivity index (χ0v) is 12.1. The zero-order chi connectivity index (χ0) is 13.8. The molecule has 1 N–H and O–H groups in total. The molecule has 0 spiro atoms. The summed E-state index contributed by atoms with van der Waals surface area (Å²) in [6, 6.07) is 8.84. The molecule has 0 bridgehead atoms. The maximum atomic E-state index is 5.62. The molecule has 1 aromatic carbocycles. The summed E-state index contributed by atoms with van der Waals surface area (Å²) in [5.41, 5.74) is 3.04. The predicted octanol–water partition coefficient (Wildman–Crippen LogP) is 3.45. The minimum Gasteiger partial charge on any atom is -0.444 e. The normalized spacial score (nSPS) is 17.9. The second kappa shape index (κ2) is 6.23. The Morgan fingerprint density at radius 2 is 2.25 bits per heavy atom. The van der Waals surface area contributed by atoms with Crippen molar-refractivity contribution in [2.75, 3.05) is 6.54 Å². The summed E-state index contributed by atoms with van der Waals surface area (Å²) in [6.45, 7) is 3.80. The average Bonchev–Trinajstić information content (AvgIpc) is 2.95. The van der Waals surface area contributed by atoms with E-state index in [0.717, 1.165) is 31.2 Å². The molecule has 0 saturated heterocycles. The van der Waals surface area contributed by atoms with Crippen LogP contribution in [0.5, 0.6) is 0 Å². The smallest absolute Gasteiger partial charge is 0.208 e. The van der Waals surface area contributed by atoms with E-state index in [1.165, 1.54) is 30.4 Å². The summed E-state index contributed by atoms with van der Waals surface area (Å²) in [5, 5.41) is 3.49. The van der Waals surface area contributed by atoms with Crippen molar-refractivity contribution in [3.05, 3.63) is 53.2 Å². The lowest BCUT2D eigenvalue weighted by Crippen LogP contribution is -2.24. The fourth-order valence-corrected chi connectivity index (χ4v) is 3.01. The van der Waals surface area contributed by atoms with Gasteiger partial charge >= 0.3 is 0 Å². The van der Waals surface area contributed by atoms with Crippen LogP contribution < -0.4 is 5.32 Å². The van der Waals surface area contributed by atoms with E-state index >= 15 is 0 Å². The van der Waals surface area contributed by atoms with Crippen LogP contribution in [-0.2, 0) is 19.4 Å². The fraction of sp³-hybridized carbons (Fsp3) is 0.471. The highest BCUT2D eigenvalue weighted by atomic mass is 16.4. The van der Waals surface area contributed by atoms with Crippen molar-refractivity contribution in [1.29, 1.82) is 0 Å². The molecule has 0 fully saturated rings. The summed E-state index contributed by atoms with van der Waals surface area (Å²) < 4.78 is 5.62. The zero-order valence-electron chi connectivity index (χ0n) is 12.1. The minimum atomic E-state index is 0.626. The molecular formula is C17H22N2O. The molecule has 106 valence electrons. The number of rotatable bonds is 5. The number of aryl methyl sites for hydroxylation is 2. The molecule has 0 aliphatic heterocycles. The van der Waals surface area contributed by atoms with Gasteiger partial charge in [-0.05, 0) is 36.3 Å². The van der Waals surface area contributed by atoms with Gasteiger partial charge in [0.25, 0.3) is 0 Å². The molecular weight excluding hydrogens is 248 g/mol. The molecule has 3 heteroatoms. The third-order valence-corrected chi connectivity index (χ3v) is 4.11. The van der Waals surface area contributed by atoms with Gasteiger partial charge in [0.05, 0.1) is 12.7 Å². The van der Waals surface area contributed by atoms with Crippen LogP contribution in [0.4, 0.5) is 0 Å². The van der Waals surface area contributed by atoms with Gasteiger partial charge in [-0.2, -0.15) is 0 Å². The number of oxazole rings is 1. The number of benzene rings is 1. The van der Waals surface area contributed by atoms with Crippen molar-refractivity contribution in [3.8, 4) is 0 Å². The van der Waals surface area contributed by atoms with Gasteiger partial charge < -0.3 is 9.73 Å². The van der Waals surface area contributed by atoms with Gasteiger partial charge in [-0.15, -0.1) is 0 Å². The first-order valence-electron chi connectivity index (χ1n) is 7.59. The quantitative estimate of drug-likeness (QED) is 0.904. The summed E-state index contributed by atoms with van der Waals surface area (Å²) in [5.74, 6) is 2.39. The van der Waals surface area contributed by atoms with E-state index in [-0.39, 0.29) is 0 Å². The minimum absolute atomic E-state index is 0.626. The van der Waals surface area contributed by atoms with Gasteiger partial charge in [0.15, 0.2) is 0 Å². The molecule has 2 aromatic rings. The number of fused-ring (bicyclic) bond motifs is 1. The molecule has 20 heavy (non-hydrogen) atoms. The van der Waals surface area contributed by atoms with Gasteiger partial charge in [0, 0.05) is 13.0 Å². The van der Waals surface area contributed by atoms with Gasteiger partial charge in [-0.3, -0.25) is 0 Å². The molecule has 1 atom stereocenters. The van der Waals surface area contributed by atoms with Crippen molar-refractivity contribution in [3.63, 3.8) is 0 Å². The number of nitrogens with one attached hydrogen (secondary N) is 1. The first kappa shape index (κ1) is 13.4. The average molecular weight is 270 g/mol. The molecule has 0 amide bonds. The number of aromatic nitrogens is 1. The Morgan fingerprint density at radius 3 is 3.10 bits per heavy atom. The summed E-state index contributed by atoms with van der Waals surface area (Å²) in [7, 11) is 0. The summed E-state index contributed by atoms with van der Waals surface area (Å²) >= 11 is 0. The Balaban J connectivity index is 1.57. The Bertz CT molecular complexity index is 562. The Kier molecular flexibility index (Phi) is 4.16. The summed E-state index contributed by atoms with van der Waals surface area (Å²) in [6.07, 6.45) is 6.53. The summed E-state index contributed by atoms with van der Waals surface area (Å²) in [4.78, 5) is 4.28. The van der Waals surface area contributed by atoms with E-state index in [1.807, 2.05) is 6.20 Å². The highest BCUT2D eigenvalue weighted by Gasteiger charge is 2.19. The lowest BCUT2D eigenvalue weighted by Gasteiger charge is -2.25. The third-order valence-electron chi connectivity index (χ3n) is 4.11. The molecule has 1 heterocycles. The van der Waals surface area contributed by atoms with E-state index in [4.69, 9.17) is 4.42 Å². The Hall–Kier alpha value is -1.61.